The third-order valence-corrected chi connectivity index (χ3v) is 5.62. The molecular weight excluding hydrogens is 363 g/mol. The predicted octanol–water partition coefficient (Wildman–Crippen LogP) is 3.33. The number of piperidine rings is 2. The number of hydrogen-bond donors (Lipinski definition) is 0. The maximum atomic E-state index is 12.5. The number of rotatable bonds is 3. The summed E-state index contributed by atoms with van der Waals surface area (Å²) in [7, 11) is 0. The molecule has 0 saturated carbocycles. The molecule has 2 aliphatic heterocycles. The Balaban J connectivity index is 1.49. The zero-order valence-corrected chi connectivity index (χ0v) is 14.8. The van der Waals surface area contributed by atoms with Gasteiger partial charge in [-0.3, -0.25) is 14.9 Å². The first-order chi connectivity index (χ1) is 12.8. The van der Waals surface area contributed by atoms with Crippen molar-refractivity contribution in [3.8, 4) is 0 Å². The number of nitro benzene ring substituents is 1. The molecule has 9 heteroatoms. The second kappa shape index (κ2) is 7.84. The van der Waals surface area contributed by atoms with E-state index in [2.05, 4.69) is 4.90 Å². The van der Waals surface area contributed by atoms with Gasteiger partial charge in [0.05, 0.1) is 4.92 Å². The minimum atomic E-state index is -4.80. The average Bonchev–Trinajstić information content (AvgIpc) is 2.67. The van der Waals surface area contributed by atoms with Gasteiger partial charge in [-0.2, -0.15) is 13.2 Å². The zero-order valence-electron chi connectivity index (χ0n) is 14.8. The molecule has 0 aromatic heterocycles. The van der Waals surface area contributed by atoms with Crippen LogP contribution in [-0.2, 0) is 4.79 Å². The maximum absolute atomic E-state index is 12.5. The molecule has 2 heterocycles. The molecule has 27 heavy (non-hydrogen) atoms. The first-order valence-electron chi connectivity index (χ1n) is 9.10. The smallest absolute Gasteiger partial charge is 0.335 e. The van der Waals surface area contributed by atoms with Gasteiger partial charge < -0.3 is 9.80 Å². The van der Waals surface area contributed by atoms with Crippen LogP contribution in [0.1, 0.15) is 37.2 Å². The van der Waals surface area contributed by atoms with Crippen LogP contribution in [0.15, 0.2) is 24.3 Å². The van der Waals surface area contributed by atoms with Gasteiger partial charge in [0.15, 0.2) is 0 Å². The van der Waals surface area contributed by atoms with Crippen molar-refractivity contribution in [1.29, 1.82) is 0 Å². The van der Waals surface area contributed by atoms with Crippen molar-refractivity contribution < 1.29 is 22.9 Å². The summed E-state index contributed by atoms with van der Waals surface area (Å²) in [5.74, 6) is -1.40. The van der Waals surface area contributed by atoms with Crippen LogP contribution >= 0.6 is 0 Å². The maximum Gasteiger partial charge on any atom is 0.471 e. The van der Waals surface area contributed by atoms with Crippen LogP contribution in [0.25, 0.3) is 0 Å². The van der Waals surface area contributed by atoms with Crippen molar-refractivity contribution in [2.45, 2.75) is 43.8 Å². The fraction of sp³-hybridized carbons (Fsp3) is 0.611. The fourth-order valence-corrected chi connectivity index (χ4v) is 4.08. The molecule has 1 amide bonds. The Labute approximate surface area is 155 Å². The molecule has 0 unspecified atom stereocenters. The van der Waals surface area contributed by atoms with Gasteiger partial charge in [-0.1, -0.05) is 12.1 Å². The molecule has 0 atom stereocenters. The van der Waals surface area contributed by atoms with Crippen LogP contribution in [0.4, 0.5) is 18.9 Å². The molecule has 0 aliphatic carbocycles. The Morgan fingerprint density at radius 3 is 2.04 bits per heavy atom. The van der Waals surface area contributed by atoms with Gasteiger partial charge in [0.1, 0.15) is 0 Å². The van der Waals surface area contributed by atoms with Crippen LogP contribution in [0.3, 0.4) is 0 Å². The third-order valence-electron chi connectivity index (χ3n) is 5.62. The normalized spacial score (nSPS) is 20.6. The minimum Gasteiger partial charge on any atom is -0.335 e. The number of alkyl halides is 3. The summed E-state index contributed by atoms with van der Waals surface area (Å²) in [5, 5.41) is 10.7. The number of amides is 1. The third kappa shape index (κ3) is 4.58. The molecule has 1 aromatic carbocycles. The van der Waals surface area contributed by atoms with Crippen molar-refractivity contribution in [2.24, 2.45) is 0 Å². The molecule has 0 N–H and O–H groups in total. The number of nitro groups is 1. The Hall–Kier alpha value is -2.16. The van der Waals surface area contributed by atoms with Crippen molar-refractivity contribution in [2.75, 3.05) is 26.2 Å². The van der Waals surface area contributed by atoms with E-state index in [1.165, 1.54) is 12.1 Å². The number of carbonyl (C=O) groups is 1. The molecule has 2 fully saturated rings. The van der Waals surface area contributed by atoms with E-state index in [1.54, 1.807) is 12.1 Å². The number of likely N-dealkylation sites (tertiary alicyclic amines) is 2. The van der Waals surface area contributed by atoms with E-state index < -0.39 is 17.0 Å². The van der Waals surface area contributed by atoms with E-state index in [4.69, 9.17) is 0 Å². The summed E-state index contributed by atoms with van der Waals surface area (Å²) in [4.78, 5) is 24.8. The van der Waals surface area contributed by atoms with E-state index in [9.17, 15) is 28.1 Å². The molecule has 0 radical (unpaired) electrons. The van der Waals surface area contributed by atoms with E-state index >= 15 is 0 Å². The number of non-ortho nitro benzene ring substituents is 1. The average molecular weight is 385 g/mol. The van der Waals surface area contributed by atoms with Crippen LogP contribution in [0, 0.1) is 10.1 Å². The molecular formula is C18H22F3N3O3. The Morgan fingerprint density at radius 1 is 1.00 bits per heavy atom. The van der Waals surface area contributed by atoms with Crippen molar-refractivity contribution in [3.63, 3.8) is 0 Å². The van der Waals surface area contributed by atoms with Gasteiger partial charge in [-0.15, -0.1) is 0 Å². The van der Waals surface area contributed by atoms with E-state index in [0.717, 1.165) is 36.4 Å². The van der Waals surface area contributed by atoms with Gasteiger partial charge in [-0.05, 0) is 50.3 Å². The lowest BCUT2D eigenvalue weighted by Gasteiger charge is -2.42. The lowest BCUT2D eigenvalue weighted by molar-refractivity contribution is -0.384. The molecule has 2 saturated heterocycles. The van der Waals surface area contributed by atoms with Gasteiger partial charge in [0, 0.05) is 31.3 Å². The van der Waals surface area contributed by atoms with Gasteiger partial charge >= 0.3 is 12.1 Å². The highest BCUT2D eigenvalue weighted by atomic mass is 19.4. The summed E-state index contributed by atoms with van der Waals surface area (Å²) in [5.41, 5.74) is 1.17. The molecule has 6 nitrogen and oxygen atoms in total. The number of halogens is 3. The lowest BCUT2D eigenvalue weighted by atomic mass is 9.88. The summed E-state index contributed by atoms with van der Waals surface area (Å²) < 4.78 is 37.6. The second-order valence-electron chi connectivity index (χ2n) is 7.18. The van der Waals surface area contributed by atoms with Crippen LogP contribution in [0.5, 0.6) is 0 Å². The Bertz CT molecular complexity index is 677. The fourth-order valence-electron chi connectivity index (χ4n) is 4.08. The first kappa shape index (κ1) is 19.6. The second-order valence-corrected chi connectivity index (χ2v) is 7.18. The van der Waals surface area contributed by atoms with Crippen molar-refractivity contribution >= 4 is 11.6 Å². The van der Waals surface area contributed by atoms with Crippen LogP contribution in [0.2, 0.25) is 0 Å². The van der Waals surface area contributed by atoms with E-state index in [1.807, 2.05) is 0 Å². The number of benzene rings is 1. The molecule has 1 aromatic rings. The van der Waals surface area contributed by atoms with Gasteiger partial charge in [-0.25, -0.2) is 0 Å². The minimum absolute atomic E-state index is 0.0800. The molecule has 2 aliphatic rings. The number of nitrogens with zero attached hydrogens (tertiary/aromatic N) is 3. The van der Waals surface area contributed by atoms with Gasteiger partial charge in [0.2, 0.25) is 0 Å². The monoisotopic (exact) mass is 385 g/mol. The summed E-state index contributed by atoms with van der Waals surface area (Å²) >= 11 is 0. The summed E-state index contributed by atoms with van der Waals surface area (Å²) in [6.45, 7) is 1.98. The Kier molecular flexibility index (Phi) is 5.69. The van der Waals surface area contributed by atoms with Crippen molar-refractivity contribution in [1.82, 2.24) is 9.80 Å². The quantitative estimate of drug-likeness (QED) is 0.591. The largest absolute Gasteiger partial charge is 0.471 e. The first-order valence-corrected chi connectivity index (χ1v) is 9.10. The van der Waals surface area contributed by atoms with Crippen molar-refractivity contribution in [3.05, 3.63) is 39.9 Å². The SMILES string of the molecule is O=C(N1CCC(N2CCC(c3ccc([N+](=O)[O-])cc3)CC2)CC1)C(F)(F)F. The molecule has 148 valence electrons. The number of carbonyl (C=O) groups excluding carboxylic acids is 1. The molecule has 3 rings (SSSR count). The number of hydrogen-bond acceptors (Lipinski definition) is 4. The lowest BCUT2D eigenvalue weighted by Crippen LogP contribution is -2.51. The highest BCUT2D eigenvalue weighted by Crippen LogP contribution is 2.32. The molecule has 0 bridgehead atoms. The highest BCUT2D eigenvalue weighted by Gasteiger charge is 2.43. The zero-order chi connectivity index (χ0) is 19.6. The molecule has 0 spiro atoms. The predicted molar refractivity (Wildman–Crippen MR) is 92.3 cm³/mol. The summed E-state index contributed by atoms with van der Waals surface area (Å²) in [6, 6.07) is 6.86. The van der Waals surface area contributed by atoms with Gasteiger partial charge in [0.25, 0.3) is 5.69 Å². The topological polar surface area (TPSA) is 66.7 Å². The van der Waals surface area contributed by atoms with Crippen LogP contribution in [-0.4, -0.2) is 59.0 Å². The summed E-state index contributed by atoms with van der Waals surface area (Å²) in [6.07, 6.45) is -1.84. The Morgan fingerprint density at radius 2 is 1.56 bits per heavy atom. The van der Waals surface area contributed by atoms with E-state index in [-0.39, 0.29) is 24.8 Å². The standard InChI is InChI=1S/C18H22F3N3O3/c19-18(20,21)17(25)23-11-7-15(8-12-23)22-9-5-14(6-10-22)13-1-3-16(4-2-13)24(26)27/h1-4,14-15H,5-12H2. The van der Waals surface area contributed by atoms with E-state index in [0.29, 0.717) is 18.8 Å². The highest BCUT2D eigenvalue weighted by molar-refractivity contribution is 5.81. The van der Waals surface area contributed by atoms with Crippen LogP contribution < -0.4 is 0 Å².